The molecule has 1 saturated heterocycles. The van der Waals surface area contributed by atoms with E-state index in [4.69, 9.17) is 18.9 Å². The van der Waals surface area contributed by atoms with E-state index in [2.05, 4.69) is 13.8 Å². The van der Waals surface area contributed by atoms with Crippen molar-refractivity contribution in [2.75, 3.05) is 33.9 Å². The summed E-state index contributed by atoms with van der Waals surface area (Å²) in [5.74, 6) is 1.95. The van der Waals surface area contributed by atoms with Gasteiger partial charge in [0.1, 0.15) is 28.4 Å². The SMILES string of the molecule is CCCCC(CC)COC(=O)N1CCC2(CC1)CC(=O)c1c(OC)cc(OC)cc1O2. The quantitative estimate of drug-likeness (QED) is 0.583. The first kappa shape index (κ1) is 23.2. The molecule has 0 bridgehead atoms. The number of benzene rings is 1. The van der Waals surface area contributed by atoms with Crippen molar-refractivity contribution in [1.82, 2.24) is 4.90 Å². The summed E-state index contributed by atoms with van der Waals surface area (Å²) in [4.78, 5) is 27.2. The Balaban J connectivity index is 1.61. The zero-order valence-electron chi connectivity index (χ0n) is 19.2. The fraction of sp³-hybridized carbons (Fsp3) is 0.667. The molecule has 0 aromatic heterocycles. The van der Waals surface area contributed by atoms with E-state index in [1.54, 1.807) is 24.1 Å². The van der Waals surface area contributed by atoms with Crippen LogP contribution in [0.4, 0.5) is 4.79 Å². The fourth-order valence-corrected chi connectivity index (χ4v) is 4.40. The highest BCUT2D eigenvalue weighted by Gasteiger charge is 2.45. The number of fused-ring (bicyclic) bond motifs is 1. The first-order chi connectivity index (χ1) is 14.9. The van der Waals surface area contributed by atoms with Crippen LogP contribution in [0.3, 0.4) is 0 Å². The van der Waals surface area contributed by atoms with E-state index in [-0.39, 0.29) is 18.3 Å². The highest BCUT2D eigenvalue weighted by atomic mass is 16.6. The second-order valence-corrected chi connectivity index (χ2v) is 8.57. The van der Waals surface area contributed by atoms with Crippen LogP contribution in [0.1, 0.15) is 69.2 Å². The van der Waals surface area contributed by atoms with Crippen molar-refractivity contribution in [2.24, 2.45) is 5.92 Å². The molecule has 31 heavy (non-hydrogen) atoms. The van der Waals surface area contributed by atoms with Crippen molar-refractivity contribution >= 4 is 11.9 Å². The number of piperidine rings is 1. The summed E-state index contributed by atoms with van der Waals surface area (Å²) < 4.78 is 22.6. The van der Waals surface area contributed by atoms with Crippen LogP contribution in [0.15, 0.2) is 12.1 Å². The van der Waals surface area contributed by atoms with Gasteiger partial charge in [0.25, 0.3) is 0 Å². The number of nitrogens with zero attached hydrogens (tertiary/aromatic N) is 1. The molecule has 172 valence electrons. The van der Waals surface area contributed by atoms with Gasteiger partial charge in [-0.1, -0.05) is 33.1 Å². The van der Waals surface area contributed by atoms with Crippen molar-refractivity contribution in [1.29, 1.82) is 0 Å². The molecule has 3 rings (SSSR count). The van der Waals surface area contributed by atoms with Gasteiger partial charge in [-0.25, -0.2) is 4.79 Å². The summed E-state index contributed by atoms with van der Waals surface area (Å²) in [6.07, 6.45) is 5.59. The molecule has 0 aliphatic carbocycles. The van der Waals surface area contributed by atoms with Crippen molar-refractivity contribution in [3.8, 4) is 17.2 Å². The smallest absolute Gasteiger partial charge is 0.409 e. The van der Waals surface area contributed by atoms with E-state index < -0.39 is 5.60 Å². The number of rotatable bonds is 8. The molecule has 0 radical (unpaired) electrons. The largest absolute Gasteiger partial charge is 0.496 e. The number of hydrogen-bond donors (Lipinski definition) is 0. The van der Waals surface area contributed by atoms with Crippen LogP contribution in [-0.4, -0.2) is 56.3 Å². The van der Waals surface area contributed by atoms with Crippen LogP contribution in [0.25, 0.3) is 0 Å². The number of ketones is 1. The number of hydrogen-bond acceptors (Lipinski definition) is 6. The van der Waals surface area contributed by atoms with Gasteiger partial charge in [-0.15, -0.1) is 0 Å². The van der Waals surface area contributed by atoms with Crippen molar-refractivity contribution < 1.29 is 28.5 Å². The topological polar surface area (TPSA) is 74.3 Å². The number of likely N-dealkylation sites (tertiary alicyclic amines) is 1. The second-order valence-electron chi connectivity index (χ2n) is 8.57. The third-order valence-electron chi connectivity index (χ3n) is 6.50. The molecule has 1 atom stereocenters. The second kappa shape index (κ2) is 10.2. The molecule has 0 saturated carbocycles. The van der Waals surface area contributed by atoms with E-state index in [9.17, 15) is 9.59 Å². The Morgan fingerprint density at radius 2 is 1.94 bits per heavy atom. The van der Waals surface area contributed by atoms with Crippen LogP contribution in [0, 0.1) is 5.92 Å². The summed E-state index contributed by atoms with van der Waals surface area (Å²) in [6.45, 7) is 5.80. The number of amides is 1. The molecule has 1 spiro atoms. The maximum Gasteiger partial charge on any atom is 0.409 e. The third-order valence-corrected chi connectivity index (χ3v) is 6.50. The molecule has 1 aromatic carbocycles. The van der Waals surface area contributed by atoms with E-state index >= 15 is 0 Å². The lowest BCUT2D eigenvalue weighted by Crippen LogP contribution is -2.52. The number of Topliss-reactive ketones (excluding diaryl/α,β-unsaturated/α-hetero) is 1. The first-order valence-electron chi connectivity index (χ1n) is 11.3. The summed E-state index contributed by atoms with van der Waals surface area (Å²) in [5.41, 5.74) is -0.140. The molecule has 2 heterocycles. The number of unbranched alkanes of at least 4 members (excludes halogenated alkanes) is 1. The molecular weight excluding hydrogens is 398 g/mol. The Morgan fingerprint density at radius 3 is 2.55 bits per heavy atom. The number of carbonyl (C=O) groups excluding carboxylic acids is 2. The fourth-order valence-electron chi connectivity index (χ4n) is 4.40. The van der Waals surface area contributed by atoms with Crippen molar-refractivity contribution in [3.63, 3.8) is 0 Å². The zero-order valence-corrected chi connectivity index (χ0v) is 19.2. The number of carbonyl (C=O) groups is 2. The van der Waals surface area contributed by atoms with Gasteiger partial charge in [0.15, 0.2) is 5.78 Å². The minimum Gasteiger partial charge on any atom is -0.496 e. The van der Waals surface area contributed by atoms with Gasteiger partial charge < -0.3 is 23.8 Å². The average molecular weight is 434 g/mol. The van der Waals surface area contributed by atoms with E-state index in [1.807, 2.05) is 0 Å². The molecule has 1 fully saturated rings. The summed E-state index contributed by atoms with van der Waals surface area (Å²) >= 11 is 0. The molecular formula is C24H35NO6. The third kappa shape index (κ3) is 5.25. The van der Waals surface area contributed by atoms with Gasteiger partial charge in [-0.3, -0.25) is 4.79 Å². The highest BCUT2D eigenvalue weighted by Crippen LogP contribution is 2.44. The standard InChI is InChI=1S/C24H35NO6/c1-5-7-8-17(6-2)16-30-23(27)25-11-9-24(10-12-25)15-19(26)22-20(29-4)13-18(28-3)14-21(22)31-24/h13-14,17H,5-12,15-16H2,1-4H3. The van der Waals surface area contributed by atoms with E-state index in [0.29, 0.717) is 61.3 Å². The molecule has 1 aromatic rings. The molecule has 0 N–H and O–H groups in total. The van der Waals surface area contributed by atoms with Gasteiger partial charge in [0.05, 0.1) is 27.2 Å². The lowest BCUT2D eigenvalue weighted by molar-refractivity contribution is -0.0110. The lowest BCUT2D eigenvalue weighted by Gasteiger charge is -2.43. The van der Waals surface area contributed by atoms with E-state index in [1.165, 1.54) is 7.11 Å². The summed E-state index contributed by atoms with van der Waals surface area (Å²) in [6, 6.07) is 3.43. The Hall–Kier alpha value is -2.44. The lowest BCUT2D eigenvalue weighted by atomic mass is 9.82. The van der Waals surface area contributed by atoms with Crippen LogP contribution in [0.5, 0.6) is 17.2 Å². The molecule has 7 heteroatoms. The van der Waals surface area contributed by atoms with Gasteiger partial charge in [0, 0.05) is 38.1 Å². The van der Waals surface area contributed by atoms with Crippen LogP contribution in [-0.2, 0) is 4.74 Å². The average Bonchev–Trinajstić information content (AvgIpc) is 2.78. The predicted molar refractivity (Wildman–Crippen MR) is 117 cm³/mol. The van der Waals surface area contributed by atoms with Crippen molar-refractivity contribution in [2.45, 2.75) is 64.4 Å². The molecule has 1 unspecified atom stereocenters. The molecule has 1 amide bonds. The number of ether oxygens (including phenoxy) is 4. The van der Waals surface area contributed by atoms with Gasteiger partial charge in [-0.05, 0) is 12.3 Å². The normalized spacial score (nSPS) is 18.2. The molecule has 2 aliphatic heterocycles. The maximum atomic E-state index is 12.9. The van der Waals surface area contributed by atoms with Crippen LogP contribution >= 0.6 is 0 Å². The monoisotopic (exact) mass is 433 g/mol. The Bertz CT molecular complexity index is 785. The Labute approximate surface area is 185 Å². The van der Waals surface area contributed by atoms with Gasteiger partial charge in [0.2, 0.25) is 0 Å². The van der Waals surface area contributed by atoms with Gasteiger partial charge in [-0.2, -0.15) is 0 Å². The zero-order chi connectivity index (χ0) is 22.4. The Kier molecular flexibility index (Phi) is 7.68. The highest BCUT2D eigenvalue weighted by molar-refractivity contribution is 6.03. The van der Waals surface area contributed by atoms with E-state index in [0.717, 1.165) is 25.7 Å². The molecule has 7 nitrogen and oxygen atoms in total. The van der Waals surface area contributed by atoms with Gasteiger partial charge >= 0.3 is 6.09 Å². The summed E-state index contributed by atoms with van der Waals surface area (Å²) in [7, 11) is 3.10. The van der Waals surface area contributed by atoms with Crippen LogP contribution < -0.4 is 14.2 Å². The first-order valence-corrected chi connectivity index (χ1v) is 11.3. The summed E-state index contributed by atoms with van der Waals surface area (Å²) in [5, 5.41) is 0. The molecule has 2 aliphatic rings. The van der Waals surface area contributed by atoms with Crippen LogP contribution in [0.2, 0.25) is 0 Å². The maximum absolute atomic E-state index is 12.9. The predicted octanol–water partition coefficient (Wildman–Crippen LogP) is 4.86. The minimum absolute atomic E-state index is 0.00140. The Morgan fingerprint density at radius 1 is 1.19 bits per heavy atom. The minimum atomic E-state index is -0.606. The van der Waals surface area contributed by atoms with Crippen molar-refractivity contribution in [3.05, 3.63) is 17.7 Å². The number of methoxy groups -OCH3 is 2.